The lowest BCUT2D eigenvalue weighted by Crippen LogP contribution is -2.20. The SMILES string of the molecule is CC(C)c1noc(C2=CCNCC2)n1. The molecule has 0 unspecified atom stereocenters. The van der Waals surface area contributed by atoms with Gasteiger partial charge in [-0.3, -0.25) is 0 Å². The Morgan fingerprint density at radius 3 is 2.93 bits per heavy atom. The normalized spacial score (nSPS) is 17.2. The van der Waals surface area contributed by atoms with Crippen LogP contribution < -0.4 is 5.32 Å². The Bertz CT molecular complexity index is 341. The zero-order chi connectivity index (χ0) is 9.97. The van der Waals surface area contributed by atoms with E-state index in [0.717, 1.165) is 25.3 Å². The largest absolute Gasteiger partial charge is 0.334 e. The molecular weight excluding hydrogens is 178 g/mol. The molecule has 0 saturated heterocycles. The number of aromatic nitrogens is 2. The van der Waals surface area contributed by atoms with Gasteiger partial charge >= 0.3 is 0 Å². The quantitative estimate of drug-likeness (QED) is 0.774. The predicted octanol–water partition coefficient (Wildman–Crippen LogP) is 1.57. The summed E-state index contributed by atoms with van der Waals surface area (Å²) in [6.07, 6.45) is 3.08. The number of rotatable bonds is 2. The fourth-order valence-corrected chi connectivity index (χ4v) is 1.42. The van der Waals surface area contributed by atoms with Crippen LogP contribution in [0.15, 0.2) is 10.6 Å². The fourth-order valence-electron chi connectivity index (χ4n) is 1.42. The molecule has 1 aliphatic heterocycles. The van der Waals surface area contributed by atoms with Gasteiger partial charge in [-0.1, -0.05) is 25.1 Å². The summed E-state index contributed by atoms with van der Waals surface area (Å²) in [5, 5.41) is 7.19. The highest BCUT2D eigenvalue weighted by Gasteiger charge is 2.14. The standard InChI is InChI=1S/C10H15N3O/c1-7(2)9-12-10(14-13-9)8-3-5-11-6-4-8/h3,7,11H,4-6H2,1-2H3. The summed E-state index contributed by atoms with van der Waals surface area (Å²) in [4.78, 5) is 4.36. The van der Waals surface area contributed by atoms with E-state index in [1.165, 1.54) is 5.57 Å². The van der Waals surface area contributed by atoms with Crippen molar-refractivity contribution in [3.63, 3.8) is 0 Å². The lowest BCUT2D eigenvalue weighted by molar-refractivity contribution is 0.395. The molecule has 0 amide bonds. The summed E-state index contributed by atoms with van der Waals surface area (Å²) in [7, 11) is 0. The molecular formula is C10H15N3O. The van der Waals surface area contributed by atoms with Gasteiger partial charge in [-0.15, -0.1) is 0 Å². The maximum absolute atomic E-state index is 5.21. The second-order valence-corrected chi connectivity index (χ2v) is 3.80. The smallest absolute Gasteiger partial charge is 0.253 e. The van der Waals surface area contributed by atoms with E-state index in [-0.39, 0.29) is 0 Å². The maximum Gasteiger partial charge on any atom is 0.253 e. The molecule has 1 aromatic rings. The molecule has 0 saturated carbocycles. The zero-order valence-electron chi connectivity index (χ0n) is 8.58. The minimum Gasteiger partial charge on any atom is -0.334 e. The van der Waals surface area contributed by atoms with E-state index >= 15 is 0 Å². The molecule has 1 aromatic heterocycles. The minimum absolute atomic E-state index is 0.329. The van der Waals surface area contributed by atoms with Crippen LogP contribution in [0, 0.1) is 0 Å². The molecule has 1 N–H and O–H groups in total. The van der Waals surface area contributed by atoms with Gasteiger partial charge in [0.25, 0.3) is 5.89 Å². The monoisotopic (exact) mass is 193 g/mol. The van der Waals surface area contributed by atoms with Crippen LogP contribution in [0.4, 0.5) is 0 Å². The topological polar surface area (TPSA) is 51.0 Å². The summed E-state index contributed by atoms with van der Waals surface area (Å²) in [6, 6.07) is 0. The first-order chi connectivity index (χ1) is 6.77. The number of hydrogen-bond donors (Lipinski definition) is 1. The van der Waals surface area contributed by atoms with E-state index in [0.29, 0.717) is 11.8 Å². The van der Waals surface area contributed by atoms with Crippen molar-refractivity contribution < 1.29 is 4.52 Å². The highest BCUT2D eigenvalue weighted by molar-refractivity contribution is 5.59. The van der Waals surface area contributed by atoms with Crippen molar-refractivity contribution in [1.29, 1.82) is 0 Å². The van der Waals surface area contributed by atoms with E-state index in [1.807, 2.05) is 0 Å². The minimum atomic E-state index is 0.329. The molecule has 76 valence electrons. The van der Waals surface area contributed by atoms with Crippen LogP contribution in [0.25, 0.3) is 5.57 Å². The highest BCUT2D eigenvalue weighted by atomic mass is 16.5. The molecule has 2 rings (SSSR count). The molecule has 0 aromatic carbocycles. The van der Waals surface area contributed by atoms with Gasteiger partial charge < -0.3 is 9.84 Å². The third kappa shape index (κ3) is 1.85. The van der Waals surface area contributed by atoms with Crippen molar-refractivity contribution in [3.8, 4) is 0 Å². The molecule has 0 aliphatic carbocycles. The highest BCUT2D eigenvalue weighted by Crippen LogP contribution is 2.19. The molecule has 0 bridgehead atoms. The van der Waals surface area contributed by atoms with Gasteiger partial charge in [0.15, 0.2) is 5.82 Å². The van der Waals surface area contributed by atoms with Crippen LogP contribution in [0.5, 0.6) is 0 Å². The number of hydrogen-bond acceptors (Lipinski definition) is 4. The molecule has 1 aliphatic rings. The molecule has 14 heavy (non-hydrogen) atoms. The van der Waals surface area contributed by atoms with Crippen molar-refractivity contribution in [3.05, 3.63) is 17.8 Å². The third-order valence-corrected chi connectivity index (χ3v) is 2.30. The molecule has 4 heteroatoms. The lowest BCUT2D eigenvalue weighted by atomic mass is 10.1. The molecule has 0 atom stereocenters. The number of nitrogens with one attached hydrogen (secondary N) is 1. The average molecular weight is 193 g/mol. The molecule has 0 radical (unpaired) electrons. The van der Waals surface area contributed by atoms with Crippen molar-refractivity contribution in [1.82, 2.24) is 15.5 Å². The maximum atomic E-state index is 5.21. The average Bonchev–Trinajstić information content (AvgIpc) is 2.68. The summed E-state index contributed by atoms with van der Waals surface area (Å²) in [6.45, 7) is 6.01. The van der Waals surface area contributed by atoms with Crippen LogP contribution in [-0.2, 0) is 0 Å². The van der Waals surface area contributed by atoms with Crippen molar-refractivity contribution in [2.45, 2.75) is 26.2 Å². The van der Waals surface area contributed by atoms with Gasteiger partial charge in [0.1, 0.15) is 0 Å². The molecule has 2 heterocycles. The van der Waals surface area contributed by atoms with Crippen LogP contribution >= 0.6 is 0 Å². The fraction of sp³-hybridized carbons (Fsp3) is 0.600. The van der Waals surface area contributed by atoms with Crippen molar-refractivity contribution in [2.75, 3.05) is 13.1 Å². The van der Waals surface area contributed by atoms with Crippen LogP contribution in [-0.4, -0.2) is 23.2 Å². The van der Waals surface area contributed by atoms with Gasteiger partial charge in [0.05, 0.1) is 0 Å². The Labute approximate surface area is 83.4 Å². The summed E-state index contributed by atoms with van der Waals surface area (Å²) >= 11 is 0. The summed E-state index contributed by atoms with van der Waals surface area (Å²) < 4.78 is 5.21. The Morgan fingerprint density at radius 1 is 1.50 bits per heavy atom. The van der Waals surface area contributed by atoms with E-state index < -0.39 is 0 Å². The van der Waals surface area contributed by atoms with Crippen LogP contribution in [0.3, 0.4) is 0 Å². The van der Waals surface area contributed by atoms with Crippen molar-refractivity contribution >= 4 is 5.57 Å². The van der Waals surface area contributed by atoms with Gasteiger partial charge in [0.2, 0.25) is 0 Å². The Hall–Kier alpha value is -1.16. The predicted molar refractivity (Wildman–Crippen MR) is 53.9 cm³/mol. The summed E-state index contributed by atoms with van der Waals surface area (Å²) in [5.74, 6) is 1.81. The first-order valence-electron chi connectivity index (χ1n) is 5.01. The lowest BCUT2D eigenvalue weighted by Gasteiger charge is -2.09. The molecule has 0 fully saturated rings. The van der Waals surface area contributed by atoms with Gasteiger partial charge in [0, 0.05) is 18.0 Å². The summed E-state index contributed by atoms with van der Waals surface area (Å²) in [5.41, 5.74) is 1.17. The van der Waals surface area contributed by atoms with Crippen molar-refractivity contribution in [2.24, 2.45) is 0 Å². The molecule has 4 nitrogen and oxygen atoms in total. The number of nitrogens with zero attached hydrogens (tertiary/aromatic N) is 2. The third-order valence-electron chi connectivity index (χ3n) is 2.30. The molecule has 0 spiro atoms. The van der Waals surface area contributed by atoms with Gasteiger partial charge in [-0.2, -0.15) is 4.98 Å². The van der Waals surface area contributed by atoms with E-state index in [1.54, 1.807) is 0 Å². The van der Waals surface area contributed by atoms with Crippen LogP contribution in [0.2, 0.25) is 0 Å². The zero-order valence-corrected chi connectivity index (χ0v) is 8.58. The van der Waals surface area contributed by atoms with E-state index in [4.69, 9.17) is 4.52 Å². The van der Waals surface area contributed by atoms with Gasteiger partial charge in [-0.25, -0.2) is 0 Å². The second-order valence-electron chi connectivity index (χ2n) is 3.80. The first-order valence-corrected chi connectivity index (χ1v) is 5.01. The Kier molecular flexibility index (Phi) is 2.63. The second kappa shape index (κ2) is 3.92. The Balaban J connectivity index is 2.19. The van der Waals surface area contributed by atoms with E-state index in [9.17, 15) is 0 Å². The Morgan fingerprint density at radius 2 is 2.36 bits per heavy atom. The van der Waals surface area contributed by atoms with Crippen LogP contribution in [0.1, 0.15) is 37.9 Å². The first kappa shape index (κ1) is 9.40. The van der Waals surface area contributed by atoms with E-state index in [2.05, 4.69) is 35.4 Å². The van der Waals surface area contributed by atoms with Gasteiger partial charge in [-0.05, 0) is 13.0 Å².